The maximum Gasteiger partial charge on any atom is 0.339 e. The summed E-state index contributed by atoms with van der Waals surface area (Å²) in [5.74, 6) is 0.226. The summed E-state index contributed by atoms with van der Waals surface area (Å²) in [6, 6.07) is 11.6. The second-order valence-corrected chi connectivity index (χ2v) is 7.68. The van der Waals surface area contributed by atoms with Crippen LogP contribution in [0.5, 0.6) is 5.75 Å². The molecule has 3 aromatic rings. The number of fused-ring (bicyclic) bond motifs is 1. The van der Waals surface area contributed by atoms with Gasteiger partial charge < -0.3 is 4.18 Å². The summed E-state index contributed by atoms with van der Waals surface area (Å²) in [5.41, 5.74) is 1.78. The smallest absolute Gasteiger partial charge is 0.339 e. The van der Waals surface area contributed by atoms with Gasteiger partial charge in [0.05, 0.1) is 15.6 Å². The zero-order chi connectivity index (χ0) is 17.5. The number of aromatic nitrogens is 1. The van der Waals surface area contributed by atoms with E-state index >= 15 is 0 Å². The Morgan fingerprint density at radius 3 is 2.42 bits per heavy atom. The predicted octanol–water partition coefficient (Wildman–Crippen LogP) is 4.93. The first-order valence-corrected chi connectivity index (χ1v) is 9.21. The van der Waals surface area contributed by atoms with Crippen LogP contribution in [0.25, 0.3) is 10.9 Å². The third-order valence-electron chi connectivity index (χ3n) is 3.49. The van der Waals surface area contributed by atoms with E-state index in [4.69, 9.17) is 27.4 Å². The maximum atomic E-state index is 12.7. The largest absolute Gasteiger partial charge is 0.378 e. The molecule has 1 heterocycles. The number of halogens is 2. The van der Waals surface area contributed by atoms with Crippen LogP contribution in [-0.2, 0) is 10.1 Å². The molecule has 0 aliphatic heterocycles. The molecule has 0 radical (unpaired) electrons. The fourth-order valence-electron chi connectivity index (χ4n) is 2.40. The molecule has 124 valence electrons. The van der Waals surface area contributed by atoms with Crippen molar-refractivity contribution in [2.75, 3.05) is 0 Å². The first kappa shape index (κ1) is 17.0. The quantitative estimate of drug-likeness (QED) is 0.603. The monoisotopic (exact) mass is 381 g/mol. The molecule has 0 saturated heterocycles. The maximum absolute atomic E-state index is 12.7. The molecular formula is C17H13Cl2NO3S. The van der Waals surface area contributed by atoms with E-state index in [0.717, 1.165) is 0 Å². The first-order chi connectivity index (χ1) is 11.3. The van der Waals surface area contributed by atoms with E-state index < -0.39 is 10.1 Å². The van der Waals surface area contributed by atoms with E-state index in [1.165, 1.54) is 12.1 Å². The normalized spacial score (nSPS) is 11.7. The third-order valence-corrected chi connectivity index (χ3v) is 5.59. The molecule has 3 rings (SSSR count). The number of pyridine rings is 1. The molecule has 0 spiro atoms. The lowest BCUT2D eigenvalue weighted by Crippen LogP contribution is -2.12. The average molecular weight is 382 g/mol. The molecule has 0 fully saturated rings. The van der Waals surface area contributed by atoms with E-state index in [9.17, 15) is 8.42 Å². The van der Waals surface area contributed by atoms with E-state index in [-0.39, 0.29) is 15.7 Å². The van der Waals surface area contributed by atoms with Gasteiger partial charge in [0, 0.05) is 17.1 Å². The van der Waals surface area contributed by atoms with Crippen molar-refractivity contribution in [3.63, 3.8) is 0 Å². The van der Waals surface area contributed by atoms with Gasteiger partial charge in [-0.05, 0) is 43.7 Å². The highest BCUT2D eigenvalue weighted by atomic mass is 35.5. The van der Waals surface area contributed by atoms with Crippen molar-refractivity contribution in [1.82, 2.24) is 4.98 Å². The number of rotatable bonds is 3. The standard InChI is InChI=1S/C17H13Cl2NO3S/c1-10-7-13(18)14(19)9-17(10)24(21,22)23-16-8-11(2)20-15-6-4-3-5-12(15)16/h3-9H,1-2H3. The Labute approximate surface area is 150 Å². The molecule has 0 N–H and O–H groups in total. The molecule has 0 aliphatic rings. The number of hydrogen-bond acceptors (Lipinski definition) is 4. The predicted molar refractivity (Wildman–Crippen MR) is 95.5 cm³/mol. The summed E-state index contributed by atoms with van der Waals surface area (Å²) in [5, 5.41) is 1.06. The van der Waals surface area contributed by atoms with Gasteiger partial charge in [-0.25, -0.2) is 0 Å². The van der Waals surface area contributed by atoms with Crippen LogP contribution >= 0.6 is 23.2 Å². The SMILES string of the molecule is Cc1cc(OS(=O)(=O)c2cc(Cl)c(Cl)cc2C)c2ccccc2n1. The fourth-order valence-corrected chi connectivity index (χ4v) is 4.02. The Kier molecular flexibility index (Phi) is 4.42. The van der Waals surface area contributed by atoms with Crippen LogP contribution < -0.4 is 4.18 Å². The van der Waals surface area contributed by atoms with Gasteiger partial charge in [-0.2, -0.15) is 8.42 Å². The van der Waals surface area contributed by atoms with Gasteiger partial charge >= 0.3 is 10.1 Å². The summed E-state index contributed by atoms with van der Waals surface area (Å²) >= 11 is 11.9. The molecule has 0 amide bonds. The van der Waals surface area contributed by atoms with Crippen molar-refractivity contribution in [3.05, 3.63) is 63.8 Å². The minimum absolute atomic E-state index is 0.0181. The van der Waals surface area contributed by atoms with Crippen molar-refractivity contribution in [2.24, 2.45) is 0 Å². The van der Waals surface area contributed by atoms with Gasteiger partial charge in [-0.1, -0.05) is 35.3 Å². The van der Waals surface area contributed by atoms with Gasteiger partial charge in [0.25, 0.3) is 0 Å². The van der Waals surface area contributed by atoms with Gasteiger partial charge in [0.15, 0.2) is 5.75 Å². The van der Waals surface area contributed by atoms with Gasteiger partial charge in [-0.3, -0.25) is 4.98 Å². The van der Waals surface area contributed by atoms with E-state index in [2.05, 4.69) is 4.98 Å². The summed E-state index contributed by atoms with van der Waals surface area (Å²) in [4.78, 5) is 4.35. The highest BCUT2D eigenvalue weighted by Crippen LogP contribution is 2.32. The topological polar surface area (TPSA) is 56.3 Å². The summed E-state index contributed by atoms with van der Waals surface area (Å²) in [6.07, 6.45) is 0. The minimum atomic E-state index is -4.06. The fraction of sp³-hybridized carbons (Fsp3) is 0.118. The Bertz CT molecular complexity index is 1050. The summed E-state index contributed by atoms with van der Waals surface area (Å²) < 4.78 is 30.8. The molecule has 24 heavy (non-hydrogen) atoms. The Morgan fingerprint density at radius 2 is 1.67 bits per heavy atom. The van der Waals surface area contributed by atoms with Crippen LogP contribution in [0.2, 0.25) is 10.0 Å². The molecule has 0 saturated carbocycles. The van der Waals surface area contributed by atoms with E-state index in [1.54, 1.807) is 38.1 Å². The Hall–Kier alpha value is -1.82. The second kappa shape index (κ2) is 6.24. The summed E-state index contributed by atoms with van der Waals surface area (Å²) in [6.45, 7) is 3.41. The number of para-hydroxylation sites is 1. The number of benzene rings is 2. The zero-order valence-electron chi connectivity index (χ0n) is 12.9. The van der Waals surface area contributed by atoms with Crippen molar-refractivity contribution in [1.29, 1.82) is 0 Å². The second-order valence-electron chi connectivity index (χ2n) is 5.35. The number of hydrogen-bond donors (Lipinski definition) is 0. The number of aryl methyl sites for hydroxylation is 2. The van der Waals surface area contributed by atoms with Crippen LogP contribution in [0.4, 0.5) is 0 Å². The van der Waals surface area contributed by atoms with Crippen molar-refractivity contribution in [3.8, 4) is 5.75 Å². The zero-order valence-corrected chi connectivity index (χ0v) is 15.2. The van der Waals surface area contributed by atoms with E-state index in [1.807, 2.05) is 6.07 Å². The Balaban J connectivity index is 2.13. The lowest BCUT2D eigenvalue weighted by atomic mass is 10.2. The first-order valence-electron chi connectivity index (χ1n) is 7.04. The lowest BCUT2D eigenvalue weighted by Gasteiger charge is -2.12. The van der Waals surface area contributed by atoms with Crippen molar-refractivity contribution < 1.29 is 12.6 Å². The van der Waals surface area contributed by atoms with Crippen LogP contribution in [0.15, 0.2) is 47.4 Å². The van der Waals surface area contributed by atoms with Crippen LogP contribution in [0.1, 0.15) is 11.3 Å². The highest BCUT2D eigenvalue weighted by molar-refractivity contribution is 7.87. The minimum Gasteiger partial charge on any atom is -0.378 e. The van der Waals surface area contributed by atoms with Gasteiger partial charge in [0.1, 0.15) is 4.90 Å². The lowest BCUT2D eigenvalue weighted by molar-refractivity contribution is 0.488. The molecule has 0 unspecified atom stereocenters. The van der Waals surface area contributed by atoms with Crippen LogP contribution in [0.3, 0.4) is 0 Å². The molecule has 7 heteroatoms. The van der Waals surface area contributed by atoms with Gasteiger partial charge in [-0.15, -0.1) is 0 Å². The average Bonchev–Trinajstić information content (AvgIpc) is 2.50. The highest BCUT2D eigenvalue weighted by Gasteiger charge is 2.22. The molecule has 2 aromatic carbocycles. The Morgan fingerprint density at radius 1 is 1.00 bits per heavy atom. The summed E-state index contributed by atoms with van der Waals surface area (Å²) in [7, 11) is -4.06. The third kappa shape index (κ3) is 3.20. The molecule has 1 aromatic heterocycles. The van der Waals surface area contributed by atoms with E-state index in [0.29, 0.717) is 27.2 Å². The number of nitrogens with zero attached hydrogens (tertiary/aromatic N) is 1. The molecule has 0 aliphatic carbocycles. The van der Waals surface area contributed by atoms with Crippen LogP contribution in [0, 0.1) is 13.8 Å². The molecular weight excluding hydrogens is 369 g/mol. The molecule has 4 nitrogen and oxygen atoms in total. The molecule has 0 atom stereocenters. The van der Waals surface area contributed by atoms with Crippen LogP contribution in [-0.4, -0.2) is 13.4 Å². The molecule has 0 bridgehead atoms. The van der Waals surface area contributed by atoms with Gasteiger partial charge in [0.2, 0.25) is 0 Å². The van der Waals surface area contributed by atoms with Crippen molar-refractivity contribution >= 4 is 44.2 Å². The van der Waals surface area contributed by atoms with Crippen molar-refractivity contribution in [2.45, 2.75) is 18.7 Å².